The Balaban J connectivity index is 2.40. The Labute approximate surface area is 122 Å². The number of rotatable bonds is 1. The maximum absolute atomic E-state index is 13.9. The van der Waals surface area contributed by atoms with Crippen LogP contribution in [0.5, 0.6) is 0 Å². The Morgan fingerprint density at radius 2 is 2.05 bits per heavy atom. The Morgan fingerprint density at radius 3 is 2.68 bits per heavy atom. The van der Waals surface area contributed by atoms with Crippen LogP contribution in [0.15, 0.2) is 47.1 Å². The zero-order chi connectivity index (χ0) is 16.1. The summed E-state index contributed by atoms with van der Waals surface area (Å²) in [4.78, 5) is 4.00. The number of hydroxylamine groups is 2. The van der Waals surface area contributed by atoms with E-state index in [1.54, 1.807) is 0 Å². The van der Waals surface area contributed by atoms with Crippen molar-refractivity contribution in [3.8, 4) is 0 Å². The van der Waals surface area contributed by atoms with Gasteiger partial charge in [0.2, 0.25) is 0 Å². The summed E-state index contributed by atoms with van der Waals surface area (Å²) in [5.41, 5.74) is 2.10. The predicted octanol–water partition coefficient (Wildman–Crippen LogP) is 2.77. The lowest BCUT2D eigenvalue weighted by Gasteiger charge is -2.42. The zero-order valence-corrected chi connectivity index (χ0v) is 11.1. The lowest BCUT2D eigenvalue weighted by atomic mass is 9.70. The fourth-order valence-corrected chi connectivity index (χ4v) is 2.78. The second-order valence-corrected chi connectivity index (χ2v) is 4.97. The molecule has 3 N–H and O–H groups in total. The van der Waals surface area contributed by atoms with Gasteiger partial charge in [-0.25, -0.2) is 14.4 Å². The highest BCUT2D eigenvalue weighted by Crippen LogP contribution is 2.52. The van der Waals surface area contributed by atoms with E-state index in [-0.39, 0.29) is 22.7 Å². The summed E-state index contributed by atoms with van der Waals surface area (Å²) in [6.45, 7) is -0.834. The normalized spacial score (nSPS) is 23.6. The lowest BCUT2D eigenvalue weighted by molar-refractivity contribution is -0.175. The van der Waals surface area contributed by atoms with Crippen LogP contribution in [0.25, 0.3) is 0 Å². The van der Waals surface area contributed by atoms with Gasteiger partial charge < -0.3 is 5.73 Å². The van der Waals surface area contributed by atoms with Gasteiger partial charge in [-0.1, -0.05) is 6.08 Å². The second kappa shape index (κ2) is 4.65. The third-order valence-electron chi connectivity index (χ3n) is 3.84. The van der Waals surface area contributed by atoms with E-state index in [4.69, 9.17) is 5.73 Å². The number of hydrogen-bond donors (Lipinski definition) is 2. The lowest BCUT2D eigenvalue weighted by Crippen LogP contribution is -2.54. The number of nitrogens with zero attached hydrogens (tertiary/aromatic N) is 2. The molecule has 0 aromatic heterocycles. The van der Waals surface area contributed by atoms with Crippen LogP contribution in [0.4, 0.5) is 23.2 Å². The number of allylic oxidation sites excluding steroid dienone is 2. The molecule has 2 heterocycles. The van der Waals surface area contributed by atoms with Gasteiger partial charge in [0.15, 0.2) is 5.84 Å². The highest BCUT2D eigenvalue weighted by atomic mass is 19.4. The molecule has 3 rings (SSSR count). The number of nitrogens with two attached hydrogens (primary N) is 1. The van der Waals surface area contributed by atoms with E-state index < -0.39 is 24.0 Å². The third-order valence-corrected chi connectivity index (χ3v) is 3.84. The Hall–Kier alpha value is -2.19. The molecule has 8 heteroatoms. The molecule has 2 aliphatic rings. The first-order valence-corrected chi connectivity index (χ1v) is 6.34. The van der Waals surface area contributed by atoms with E-state index in [1.165, 1.54) is 12.2 Å². The largest absolute Gasteiger partial charge is 0.403 e. The van der Waals surface area contributed by atoms with Gasteiger partial charge in [0.05, 0.1) is 5.69 Å². The van der Waals surface area contributed by atoms with Crippen LogP contribution in [-0.4, -0.2) is 28.8 Å². The van der Waals surface area contributed by atoms with E-state index in [1.807, 2.05) is 0 Å². The Morgan fingerprint density at radius 1 is 1.32 bits per heavy atom. The average Bonchev–Trinajstić information content (AvgIpc) is 2.44. The second-order valence-electron chi connectivity index (χ2n) is 4.97. The molecule has 0 bridgehead atoms. The molecular formula is C14H11F4N3O. The van der Waals surface area contributed by atoms with Crippen LogP contribution in [-0.2, 0) is 5.41 Å². The fraction of sp³-hybridized carbons (Fsp3) is 0.214. The van der Waals surface area contributed by atoms with Crippen molar-refractivity contribution in [2.75, 3.05) is 6.54 Å². The van der Waals surface area contributed by atoms with Gasteiger partial charge in [0.25, 0.3) is 0 Å². The monoisotopic (exact) mass is 313 g/mol. The molecule has 0 saturated heterocycles. The number of hydrogen-bond acceptors (Lipinski definition) is 4. The van der Waals surface area contributed by atoms with E-state index in [0.29, 0.717) is 5.06 Å². The number of benzene rings is 1. The first kappa shape index (κ1) is 14.7. The molecule has 0 radical (unpaired) electrons. The van der Waals surface area contributed by atoms with E-state index in [9.17, 15) is 22.8 Å². The van der Waals surface area contributed by atoms with Gasteiger partial charge >= 0.3 is 6.18 Å². The van der Waals surface area contributed by atoms with Crippen molar-refractivity contribution in [3.63, 3.8) is 0 Å². The standard InChI is InChI=1S/C14H11F4N3O/c15-8-3-4-11-10(6-8)13(7-19,14(16,17)18)9-2-1-5-21(22)12(9)20-11/h1-6,22H,7,19H2. The SMILES string of the molecule is NCC1(C(F)(F)F)C2=CC=CN(O)C2=Nc2ccc(F)cc21. The molecule has 0 spiro atoms. The minimum Gasteiger partial charge on any atom is -0.329 e. The summed E-state index contributed by atoms with van der Waals surface area (Å²) >= 11 is 0. The molecular weight excluding hydrogens is 302 g/mol. The number of aliphatic imine (C=N–C) groups is 1. The van der Waals surface area contributed by atoms with Gasteiger partial charge in [-0.05, 0) is 24.3 Å². The van der Waals surface area contributed by atoms with Gasteiger partial charge in [-0.3, -0.25) is 5.21 Å². The van der Waals surface area contributed by atoms with Gasteiger partial charge in [0.1, 0.15) is 11.2 Å². The summed E-state index contributed by atoms with van der Waals surface area (Å²) in [5.74, 6) is -1.09. The molecule has 2 aliphatic heterocycles. The smallest absolute Gasteiger partial charge is 0.329 e. The van der Waals surface area contributed by atoms with Crippen LogP contribution < -0.4 is 5.73 Å². The van der Waals surface area contributed by atoms with Crippen molar-refractivity contribution in [3.05, 3.63) is 53.5 Å². The molecule has 116 valence electrons. The van der Waals surface area contributed by atoms with Gasteiger partial charge in [-0.15, -0.1) is 0 Å². The summed E-state index contributed by atoms with van der Waals surface area (Å²) < 4.78 is 55.2. The van der Waals surface area contributed by atoms with Crippen LogP contribution in [0.2, 0.25) is 0 Å². The summed E-state index contributed by atoms with van der Waals surface area (Å²) in [6, 6.07) is 2.93. The quantitative estimate of drug-likeness (QED) is 0.784. The first-order chi connectivity index (χ1) is 10.3. The molecule has 4 nitrogen and oxygen atoms in total. The first-order valence-electron chi connectivity index (χ1n) is 6.34. The average molecular weight is 313 g/mol. The number of alkyl halides is 3. The maximum Gasteiger partial charge on any atom is 0.403 e. The van der Waals surface area contributed by atoms with Crippen molar-refractivity contribution in [1.82, 2.24) is 5.06 Å². The highest BCUT2D eigenvalue weighted by molar-refractivity contribution is 6.05. The summed E-state index contributed by atoms with van der Waals surface area (Å²) in [7, 11) is 0. The van der Waals surface area contributed by atoms with Crippen molar-refractivity contribution in [2.45, 2.75) is 11.6 Å². The van der Waals surface area contributed by atoms with E-state index >= 15 is 0 Å². The molecule has 22 heavy (non-hydrogen) atoms. The number of fused-ring (bicyclic) bond motifs is 2. The summed E-state index contributed by atoms with van der Waals surface area (Å²) in [6.07, 6.45) is -1.20. The van der Waals surface area contributed by atoms with Crippen LogP contribution >= 0.6 is 0 Å². The predicted molar refractivity (Wildman–Crippen MR) is 71.1 cm³/mol. The molecule has 1 unspecified atom stereocenters. The zero-order valence-electron chi connectivity index (χ0n) is 11.1. The number of amidine groups is 1. The van der Waals surface area contributed by atoms with Crippen molar-refractivity contribution < 1.29 is 22.8 Å². The molecule has 1 atom stereocenters. The van der Waals surface area contributed by atoms with Crippen LogP contribution in [0.3, 0.4) is 0 Å². The molecule has 0 aliphatic carbocycles. The maximum atomic E-state index is 13.9. The molecule has 0 fully saturated rings. The van der Waals surface area contributed by atoms with Crippen LogP contribution in [0, 0.1) is 5.82 Å². The third kappa shape index (κ3) is 1.80. The molecule has 0 amide bonds. The van der Waals surface area contributed by atoms with Gasteiger partial charge in [-0.2, -0.15) is 13.2 Å². The van der Waals surface area contributed by atoms with Gasteiger partial charge in [0, 0.05) is 23.9 Å². The minimum atomic E-state index is -4.79. The minimum absolute atomic E-state index is 0.0781. The molecule has 1 aromatic rings. The van der Waals surface area contributed by atoms with Crippen molar-refractivity contribution in [2.24, 2.45) is 10.7 Å². The Kier molecular flexibility index (Phi) is 3.12. The van der Waals surface area contributed by atoms with E-state index in [2.05, 4.69) is 4.99 Å². The number of halogens is 4. The van der Waals surface area contributed by atoms with Crippen molar-refractivity contribution in [1.29, 1.82) is 0 Å². The van der Waals surface area contributed by atoms with Crippen molar-refractivity contribution >= 4 is 11.5 Å². The summed E-state index contributed by atoms with van der Waals surface area (Å²) in [5, 5.41) is 10.3. The molecule has 0 saturated carbocycles. The fourth-order valence-electron chi connectivity index (χ4n) is 2.78. The Bertz CT molecular complexity index is 723. The molecule has 1 aromatic carbocycles. The van der Waals surface area contributed by atoms with E-state index in [0.717, 1.165) is 24.4 Å². The topological polar surface area (TPSA) is 61.8 Å². The highest BCUT2D eigenvalue weighted by Gasteiger charge is 2.61. The van der Waals surface area contributed by atoms with Crippen LogP contribution in [0.1, 0.15) is 5.56 Å².